The molecule has 3 heteroatoms. The number of hydrogen-bond acceptors (Lipinski definition) is 3. The first-order valence-electron chi connectivity index (χ1n) is 6.74. The van der Waals surface area contributed by atoms with Crippen LogP contribution in [0.1, 0.15) is 41.0 Å². The third-order valence-corrected chi connectivity index (χ3v) is 4.07. The van der Waals surface area contributed by atoms with Gasteiger partial charge in [0.2, 0.25) is 0 Å². The molecule has 0 amide bonds. The number of carbonyl (C=O) groups is 2. The maximum Gasteiger partial charge on any atom is 0.191 e. The Morgan fingerprint density at radius 2 is 1.58 bits per heavy atom. The van der Waals surface area contributed by atoms with E-state index in [2.05, 4.69) is 18.7 Å². The fourth-order valence-electron chi connectivity index (χ4n) is 2.89. The predicted molar refractivity (Wildman–Crippen MR) is 73.5 cm³/mol. The monoisotopic (exact) mass is 255 g/mol. The molecule has 1 aliphatic heterocycles. The summed E-state index contributed by atoms with van der Waals surface area (Å²) in [6, 6.07) is 7.55. The topological polar surface area (TPSA) is 37.4 Å². The summed E-state index contributed by atoms with van der Waals surface area (Å²) < 4.78 is 0. The number of fused-ring (bicyclic) bond motifs is 1. The van der Waals surface area contributed by atoms with Crippen LogP contribution in [0.2, 0.25) is 0 Å². The van der Waals surface area contributed by atoms with E-state index in [1.165, 1.54) is 0 Å². The zero-order valence-electron chi connectivity index (χ0n) is 11.3. The van der Waals surface area contributed by atoms with Crippen molar-refractivity contribution in [3.8, 4) is 0 Å². The molecule has 0 N–H and O–H groups in total. The first-order valence-corrected chi connectivity index (χ1v) is 6.74. The molecular formula is C16H17NO2. The van der Waals surface area contributed by atoms with Gasteiger partial charge in [-0.25, -0.2) is 0 Å². The molecule has 0 radical (unpaired) electrons. The normalized spacial score (nSPS) is 19.7. The summed E-state index contributed by atoms with van der Waals surface area (Å²) in [5, 5.41) is 0. The minimum absolute atomic E-state index is 0.0375. The van der Waals surface area contributed by atoms with Crippen LogP contribution in [0.25, 0.3) is 0 Å². The van der Waals surface area contributed by atoms with Crippen molar-refractivity contribution in [2.24, 2.45) is 0 Å². The van der Waals surface area contributed by atoms with Crippen LogP contribution in [-0.2, 0) is 0 Å². The van der Waals surface area contributed by atoms with Crippen molar-refractivity contribution < 1.29 is 9.59 Å². The first kappa shape index (κ1) is 12.3. The third-order valence-electron chi connectivity index (χ3n) is 4.07. The smallest absolute Gasteiger partial charge is 0.191 e. The lowest BCUT2D eigenvalue weighted by Gasteiger charge is -2.34. The predicted octanol–water partition coefficient (Wildman–Crippen LogP) is 2.48. The van der Waals surface area contributed by atoms with Crippen LogP contribution in [0.15, 0.2) is 35.4 Å². The molecule has 2 aliphatic rings. The highest BCUT2D eigenvalue weighted by Crippen LogP contribution is 2.31. The van der Waals surface area contributed by atoms with Crippen molar-refractivity contribution in [2.75, 3.05) is 13.1 Å². The van der Waals surface area contributed by atoms with E-state index < -0.39 is 0 Å². The highest BCUT2D eigenvalue weighted by molar-refractivity contribution is 6.27. The summed E-state index contributed by atoms with van der Waals surface area (Å²) >= 11 is 0. The molecular weight excluding hydrogens is 238 g/mol. The van der Waals surface area contributed by atoms with Crippen molar-refractivity contribution in [2.45, 2.75) is 26.3 Å². The molecule has 0 fully saturated rings. The zero-order valence-corrected chi connectivity index (χ0v) is 11.3. The maximum atomic E-state index is 12.5. The summed E-state index contributed by atoms with van der Waals surface area (Å²) in [5.41, 5.74) is 2.59. The van der Waals surface area contributed by atoms with Crippen molar-refractivity contribution in [3.63, 3.8) is 0 Å². The quantitative estimate of drug-likeness (QED) is 0.773. The molecule has 0 unspecified atom stereocenters. The second-order valence-electron chi connectivity index (χ2n) is 5.48. The van der Waals surface area contributed by atoms with E-state index in [4.69, 9.17) is 0 Å². The number of Topliss-reactive ketones (excluding diaryl/α,β-unsaturated/α-hetero) is 2. The van der Waals surface area contributed by atoms with Gasteiger partial charge >= 0.3 is 0 Å². The van der Waals surface area contributed by atoms with Gasteiger partial charge in [0.25, 0.3) is 0 Å². The lowest BCUT2D eigenvalue weighted by molar-refractivity contribution is 0.0944. The van der Waals surface area contributed by atoms with Crippen LogP contribution in [-0.4, -0.2) is 35.6 Å². The van der Waals surface area contributed by atoms with E-state index in [0.29, 0.717) is 35.7 Å². The second-order valence-corrected chi connectivity index (χ2v) is 5.48. The van der Waals surface area contributed by atoms with E-state index in [1.54, 1.807) is 12.1 Å². The third kappa shape index (κ3) is 1.85. The Hall–Kier alpha value is -1.74. The Bertz CT molecular complexity index is 599. The first-order chi connectivity index (χ1) is 9.09. The second kappa shape index (κ2) is 4.42. The van der Waals surface area contributed by atoms with Gasteiger partial charge in [0.1, 0.15) is 0 Å². The summed E-state index contributed by atoms with van der Waals surface area (Å²) in [6.07, 6.45) is 0.687. The van der Waals surface area contributed by atoms with Gasteiger partial charge in [-0.15, -0.1) is 0 Å². The van der Waals surface area contributed by atoms with Crippen molar-refractivity contribution in [1.82, 2.24) is 4.90 Å². The van der Waals surface area contributed by atoms with Crippen LogP contribution in [0, 0.1) is 0 Å². The average Bonchev–Trinajstić information content (AvgIpc) is 2.44. The van der Waals surface area contributed by atoms with Crippen LogP contribution in [0.3, 0.4) is 0 Å². The lowest BCUT2D eigenvalue weighted by atomic mass is 9.81. The van der Waals surface area contributed by atoms with E-state index in [-0.39, 0.29) is 11.6 Å². The van der Waals surface area contributed by atoms with Crippen LogP contribution in [0.5, 0.6) is 0 Å². The molecule has 98 valence electrons. The maximum absolute atomic E-state index is 12.5. The fraction of sp³-hybridized carbons (Fsp3) is 0.375. The minimum atomic E-state index is 0.0375. The molecule has 1 aromatic rings. The Labute approximate surface area is 112 Å². The van der Waals surface area contributed by atoms with Crippen LogP contribution in [0.4, 0.5) is 0 Å². The molecule has 0 bridgehead atoms. The van der Waals surface area contributed by atoms with Crippen molar-refractivity contribution >= 4 is 11.6 Å². The average molecular weight is 255 g/mol. The largest absolute Gasteiger partial charge is 0.296 e. The van der Waals surface area contributed by atoms with Gasteiger partial charge in [-0.05, 0) is 20.3 Å². The number of nitrogens with zero attached hydrogens (tertiary/aromatic N) is 1. The van der Waals surface area contributed by atoms with Crippen molar-refractivity contribution in [3.05, 3.63) is 46.5 Å². The summed E-state index contributed by atoms with van der Waals surface area (Å²) in [4.78, 5) is 27.2. The molecule has 0 saturated heterocycles. The van der Waals surface area contributed by atoms with E-state index in [1.807, 2.05) is 12.1 Å². The van der Waals surface area contributed by atoms with Gasteiger partial charge < -0.3 is 0 Å². The molecule has 0 spiro atoms. The molecule has 19 heavy (non-hydrogen) atoms. The van der Waals surface area contributed by atoms with Crippen LogP contribution < -0.4 is 0 Å². The Balaban J connectivity index is 2.06. The van der Waals surface area contributed by atoms with E-state index >= 15 is 0 Å². The van der Waals surface area contributed by atoms with Gasteiger partial charge in [-0.3, -0.25) is 14.5 Å². The van der Waals surface area contributed by atoms with Crippen LogP contribution >= 0.6 is 0 Å². The van der Waals surface area contributed by atoms with Gasteiger partial charge in [-0.1, -0.05) is 24.3 Å². The Morgan fingerprint density at radius 1 is 1.00 bits per heavy atom. The molecule has 0 atom stereocenters. The highest BCUT2D eigenvalue weighted by atomic mass is 16.1. The minimum Gasteiger partial charge on any atom is -0.296 e. The molecule has 0 saturated carbocycles. The molecule has 1 aromatic carbocycles. The Kier molecular flexibility index (Phi) is 2.86. The number of hydrogen-bond donors (Lipinski definition) is 0. The lowest BCUT2D eigenvalue weighted by Crippen LogP contribution is -2.41. The number of rotatable bonds is 1. The molecule has 3 nitrogen and oxygen atoms in total. The molecule has 1 aliphatic carbocycles. The number of ketones is 2. The Morgan fingerprint density at radius 3 is 2.16 bits per heavy atom. The number of benzene rings is 1. The summed E-state index contributed by atoms with van der Waals surface area (Å²) in [7, 11) is 0. The zero-order chi connectivity index (χ0) is 13.6. The van der Waals surface area contributed by atoms with E-state index in [9.17, 15) is 9.59 Å². The highest BCUT2D eigenvalue weighted by Gasteiger charge is 2.35. The van der Waals surface area contributed by atoms with Crippen molar-refractivity contribution in [1.29, 1.82) is 0 Å². The van der Waals surface area contributed by atoms with Gasteiger partial charge in [0, 0.05) is 41.4 Å². The standard InChI is InChI=1S/C16H17NO2/c1-10(2)17-8-7-13-14(9-17)16(19)12-6-4-3-5-11(12)15(13)18/h3-6,10H,7-9H2,1-2H3. The molecule has 1 heterocycles. The summed E-state index contributed by atoms with van der Waals surface area (Å²) in [6.45, 7) is 5.70. The SMILES string of the molecule is CC(C)N1CCC2=C(C1)C(=O)c1ccccc1C2=O. The summed E-state index contributed by atoms with van der Waals surface area (Å²) in [5.74, 6) is 0.0872. The molecule has 3 rings (SSSR count). The van der Waals surface area contributed by atoms with Gasteiger partial charge in [-0.2, -0.15) is 0 Å². The molecule has 0 aromatic heterocycles. The fourth-order valence-corrected chi connectivity index (χ4v) is 2.89. The van der Waals surface area contributed by atoms with Gasteiger partial charge in [0.15, 0.2) is 11.6 Å². The van der Waals surface area contributed by atoms with E-state index in [0.717, 1.165) is 12.1 Å². The van der Waals surface area contributed by atoms with Gasteiger partial charge in [0.05, 0.1) is 0 Å². The number of carbonyl (C=O) groups excluding carboxylic acids is 2.